The quantitative estimate of drug-likeness (QED) is 0.598. The van der Waals surface area contributed by atoms with Crippen molar-refractivity contribution < 1.29 is 4.79 Å². The van der Waals surface area contributed by atoms with Crippen molar-refractivity contribution in [1.29, 1.82) is 0 Å². The first kappa shape index (κ1) is 9.93. The van der Waals surface area contributed by atoms with Crippen molar-refractivity contribution in [3.63, 3.8) is 0 Å². The predicted octanol–water partition coefficient (Wildman–Crippen LogP) is -0.456. The molecule has 4 heteroatoms. The maximum atomic E-state index is 12.0. The fraction of sp³-hybridized carbons (Fsp3) is 0.900. The monoisotopic (exact) mass is 197 g/mol. The van der Waals surface area contributed by atoms with Gasteiger partial charge in [0.05, 0.1) is 5.92 Å². The van der Waals surface area contributed by atoms with Crippen LogP contribution in [0.4, 0.5) is 0 Å². The van der Waals surface area contributed by atoms with Crippen LogP contribution in [0.3, 0.4) is 0 Å². The summed E-state index contributed by atoms with van der Waals surface area (Å²) in [5.74, 6) is 0.482. The molecule has 0 aromatic rings. The minimum atomic E-state index is 0.181. The first-order valence-electron chi connectivity index (χ1n) is 5.46. The molecule has 1 amide bonds. The van der Waals surface area contributed by atoms with Crippen LogP contribution in [0.2, 0.25) is 0 Å². The Balaban J connectivity index is 1.94. The summed E-state index contributed by atoms with van der Waals surface area (Å²) in [6, 6.07) is 0.531. The van der Waals surface area contributed by atoms with Gasteiger partial charge in [-0.05, 0) is 26.3 Å². The number of carbonyl (C=O) groups is 1. The van der Waals surface area contributed by atoms with Gasteiger partial charge in [-0.15, -0.1) is 0 Å². The summed E-state index contributed by atoms with van der Waals surface area (Å²) in [4.78, 5) is 14.0. The number of nitrogens with two attached hydrogens (primary N) is 1. The second-order valence-corrected chi connectivity index (χ2v) is 4.47. The maximum Gasteiger partial charge on any atom is 0.227 e. The lowest BCUT2D eigenvalue weighted by atomic mass is 10.0. The molecule has 2 aliphatic rings. The van der Waals surface area contributed by atoms with E-state index in [1.807, 2.05) is 4.90 Å². The number of rotatable bonds is 1. The van der Waals surface area contributed by atoms with Crippen molar-refractivity contribution in [2.24, 2.45) is 11.7 Å². The van der Waals surface area contributed by atoms with E-state index in [1.165, 1.54) is 0 Å². The molecule has 3 atom stereocenters. The number of hydrogen-bond donors (Lipinski definition) is 2. The van der Waals surface area contributed by atoms with Crippen LogP contribution < -0.4 is 11.1 Å². The average Bonchev–Trinajstić information content (AvgIpc) is 2.73. The van der Waals surface area contributed by atoms with Gasteiger partial charge in [-0.3, -0.25) is 4.79 Å². The number of likely N-dealkylation sites (tertiary alicyclic amines) is 1. The van der Waals surface area contributed by atoms with Gasteiger partial charge in [0.25, 0.3) is 0 Å². The molecule has 2 heterocycles. The minimum Gasteiger partial charge on any atom is -0.341 e. The molecule has 2 unspecified atom stereocenters. The zero-order valence-corrected chi connectivity index (χ0v) is 8.70. The van der Waals surface area contributed by atoms with Gasteiger partial charge in [-0.1, -0.05) is 0 Å². The van der Waals surface area contributed by atoms with E-state index in [2.05, 4.69) is 12.2 Å². The zero-order valence-electron chi connectivity index (χ0n) is 8.70. The summed E-state index contributed by atoms with van der Waals surface area (Å²) in [6.07, 6.45) is 1.94. The Morgan fingerprint density at radius 3 is 2.79 bits per heavy atom. The van der Waals surface area contributed by atoms with E-state index in [4.69, 9.17) is 5.73 Å². The lowest BCUT2D eigenvalue weighted by Gasteiger charge is -2.22. The van der Waals surface area contributed by atoms with Crippen molar-refractivity contribution in [3.8, 4) is 0 Å². The van der Waals surface area contributed by atoms with Crippen LogP contribution in [0.15, 0.2) is 0 Å². The molecule has 0 radical (unpaired) electrons. The Labute approximate surface area is 84.8 Å². The van der Waals surface area contributed by atoms with Gasteiger partial charge in [0.15, 0.2) is 0 Å². The molecular formula is C10H19N3O. The molecule has 0 bridgehead atoms. The van der Waals surface area contributed by atoms with E-state index in [0.717, 1.165) is 32.5 Å². The van der Waals surface area contributed by atoms with E-state index < -0.39 is 0 Å². The van der Waals surface area contributed by atoms with Gasteiger partial charge >= 0.3 is 0 Å². The van der Waals surface area contributed by atoms with Gasteiger partial charge in [0.2, 0.25) is 5.91 Å². The molecule has 0 aromatic heterocycles. The molecule has 2 fully saturated rings. The molecule has 3 N–H and O–H groups in total. The Kier molecular flexibility index (Phi) is 2.74. The summed E-state index contributed by atoms with van der Waals surface area (Å²) in [7, 11) is 0. The van der Waals surface area contributed by atoms with Crippen molar-refractivity contribution in [3.05, 3.63) is 0 Å². The first-order chi connectivity index (χ1) is 6.68. The SMILES string of the molecule is CC1NCCC1C(=O)N1CC[C@@H](N)C1. The molecule has 14 heavy (non-hydrogen) atoms. The summed E-state index contributed by atoms with van der Waals surface area (Å²) in [6.45, 7) is 4.66. The van der Waals surface area contributed by atoms with E-state index in [9.17, 15) is 4.79 Å². The summed E-state index contributed by atoms with van der Waals surface area (Å²) < 4.78 is 0. The lowest BCUT2D eigenvalue weighted by Crippen LogP contribution is -2.40. The Morgan fingerprint density at radius 2 is 2.29 bits per heavy atom. The standard InChI is InChI=1S/C10H19N3O/c1-7-9(2-4-12-7)10(14)13-5-3-8(11)6-13/h7-9,12H,2-6,11H2,1H3/t7?,8-,9?/m1/s1. The first-order valence-corrected chi connectivity index (χ1v) is 5.46. The van der Waals surface area contributed by atoms with Crippen LogP contribution in [-0.4, -0.2) is 42.5 Å². The number of nitrogens with one attached hydrogen (secondary N) is 1. The minimum absolute atomic E-state index is 0.181. The lowest BCUT2D eigenvalue weighted by molar-refractivity contribution is -0.134. The number of carbonyl (C=O) groups excluding carboxylic acids is 1. The second kappa shape index (κ2) is 3.87. The van der Waals surface area contributed by atoms with Crippen LogP contribution in [-0.2, 0) is 4.79 Å². The smallest absolute Gasteiger partial charge is 0.227 e. The van der Waals surface area contributed by atoms with Crippen LogP contribution in [0.25, 0.3) is 0 Å². The Hall–Kier alpha value is -0.610. The highest BCUT2D eigenvalue weighted by Gasteiger charge is 2.34. The molecule has 80 valence electrons. The summed E-state index contributed by atoms with van der Waals surface area (Å²) >= 11 is 0. The van der Waals surface area contributed by atoms with E-state index in [0.29, 0.717) is 11.9 Å². The molecule has 0 aromatic carbocycles. The second-order valence-electron chi connectivity index (χ2n) is 4.47. The van der Waals surface area contributed by atoms with Crippen LogP contribution >= 0.6 is 0 Å². The van der Waals surface area contributed by atoms with Crippen molar-refractivity contribution in [2.45, 2.75) is 31.8 Å². The third kappa shape index (κ3) is 1.77. The highest BCUT2D eigenvalue weighted by molar-refractivity contribution is 5.80. The molecular weight excluding hydrogens is 178 g/mol. The van der Waals surface area contributed by atoms with Crippen LogP contribution in [0.1, 0.15) is 19.8 Å². The largest absolute Gasteiger partial charge is 0.341 e. The van der Waals surface area contributed by atoms with Gasteiger partial charge in [-0.2, -0.15) is 0 Å². The van der Waals surface area contributed by atoms with Gasteiger partial charge in [0, 0.05) is 25.2 Å². The summed E-state index contributed by atoms with van der Waals surface area (Å²) in [5.41, 5.74) is 5.79. The van der Waals surface area contributed by atoms with Crippen molar-refractivity contribution in [1.82, 2.24) is 10.2 Å². The topological polar surface area (TPSA) is 58.4 Å². The highest BCUT2D eigenvalue weighted by atomic mass is 16.2. The van der Waals surface area contributed by atoms with Gasteiger partial charge in [0.1, 0.15) is 0 Å². The summed E-state index contributed by atoms with van der Waals surface area (Å²) in [5, 5.41) is 3.31. The van der Waals surface area contributed by atoms with Gasteiger partial charge < -0.3 is 16.0 Å². The molecule has 2 aliphatic heterocycles. The third-order valence-corrected chi connectivity index (χ3v) is 3.38. The van der Waals surface area contributed by atoms with E-state index in [1.54, 1.807) is 0 Å². The Bertz CT molecular complexity index is 231. The molecule has 0 saturated carbocycles. The maximum absolute atomic E-state index is 12.0. The molecule has 4 nitrogen and oxygen atoms in total. The number of hydrogen-bond acceptors (Lipinski definition) is 3. The molecule has 0 aliphatic carbocycles. The van der Waals surface area contributed by atoms with E-state index in [-0.39, 0.29) is 12.0 Å². The zero-order chi connectivity index (χ0) is 10.1. The number of nitrogens with zero attached hydrogens (tertiary/aromatic N) is 1. The van der Waals surface area contributed by atoms with Crippen molar-refractivity contribution >= 4 is 5.91 Å². The highest BCUT2D eigenvalue weighted by Crippen LogP contribution is 2.20. The Morgan fingerprint density at radius 1 is 1.50 bits per heavy atom. The third-order valence-electron chi connectivity index (χ3n) is 3.38. The van der Waals surface area contributed by atoms with Crippen LogP contribution in [0.5, 0.6) is 0 Å². The fourth-order valence-corrected chi connectivity index (χ4v) is 2.42. The van der Waals surface area contributed by atoms with E-state index >= 15 is 0 Å². The molecule has 0 spiro atoms. The average molecular weight is 197 g/mol. The normalized spacial score (nSPS) is 37.9. The predicted molar refractivity (Wildman–Crippen MR) is 54.7 cm³/mol. The van der Waals surface area contributed by atoms with Gasteiger partial charge in [-0.25, -0.2) is 0 Å². The molecule has 2 saturated heterocycles. The number of amides is 1. The van der Waals surface area contributed by atoms with Crippen LogP contribution in [0, 0.1) is 5.92 Å². The fourth-order valence-electron chi connectivity index (χ4n) is 2.42. The van der Waals surface area contributed by atoms with Crippen molar-refractivity contribution in [2.75, 3.05) is 19.6 Å². The molecule has 2 rings (SSSR count).